The molecular formula is C16H17F2N3O4. The summed E-state index contributed by atoms with van der Waals surface area (Å²) in [4.78, 5) is 17.5. The molecule has 0 saturated carbocycles. The van der Waals surface area contributed by atoms with Gasteiger partial charge in [-0.25, -0.2) is 0 Å². The highest BCUT2D eigenvalue weighted by atomic mass is 19.3. The summed E-state index contributed by atoms with van der Waals surface area (Å²) < 4.78 is 45.1. The van der Waals surface area contributed by atoms with E-state index >= 15 is 0 Å². The van der Waals surface area contributed by atoms with Crippen molar-refractivity contribution in [1.29, 1.82) is 0 Å². The molecule has 0 radical (unpaired) electrons. The zero-order valence-corrected chi connectivity index (χ0v) is 13.5. The Hall–Kier alpha value is -2.55. The quantitative estimate of drug-likeness (QED) is 0.820. The van der Waals surface area contributed by atoms with Crippen molar-refractivity contribution in [2.24, 2.45) is 0 Å². The predicted octanol–water partition coefficient (Wildman–Crippen LogP) is 2.16. The van der Waals surface area contributed by atoms with Gasteiger partial charge < -0.3 is 18.9 Å². The molecule has 7 nitrogen and oxygen atoms in total. The predicted molar refractivity (Wildman–Crippen MR) is 81.1 cm³/mol. The average Bonchev–Trinajstić information content (AvgIpc) is 3.16. The number of halogens is 2. The van der Waals surface area contributed by atoms with Gasteiger partial charge in [0.25, 0.3) is 5.91 Å². The molecule has 1 aromatic carbocycles. The number of carbonyl (C=O) groups is 1. The van der Waals surface area contributed by atoms with Crippen LogP contribution in [-0.4, -0.2) is 47.3 Å². The minimum absolute atomic E-state index is 0.00440. The number of aromatic nitrogens is 2. The summed E-state index contributed by atoms with van der Waals surface area (Å²) in [5.74, 6) is -5.00. The molecule has 1 unspecified atom stereocenters. The first-order valence-electron chi connectivity index (χ1n) is 7.81. The summed E-state index contributed by atoms with van der Waals surface area (Å²) in [6.07, 6.45) is 1.08. The van der Waals surface area contributed by atoms with Crippen molar-refractivity contribution in [3.8, 4) is 5.75 Å². The van der Waals surface area contributed by atoms with E-state index in [0.717, 1.165) is 11.3 Å². The summed E-state index contributed by atoms with van der Waals surface area (Å²) >= 11 is 0. The van der Waals surface area contributed by atoms with Crippen LogP contribution in [-0.2, 0) is 15.5 Å². The molecule has 2 aromatic rings. The smallest absolute Gasteiger partial charge is 0.353 e. The maximum atomic E-state index is 15.0. The lowest BCUT2D eigenvalue weighted by Crippen LogP contribution is -2.49. The molecule has 1 aliphatic heterocycles. The second-order valence-electron chi connectivity index (χ2n) is 5.38. The zero-order valence-electron chi connectivity index (χ0n) is 13.5. The van der Waals surface area contributed by atoms with Crippen molar-refractivity contribution in [3.63, 3.8) is 0 Å². The van der Waals surface area contributed by atoms with Crippen LogP contribution in [0.25, 0.3) is 0 Å². The Balaban J connectivity index is 1.92. The van der Waals surface area contributed by atoms with Crippen LogP contribution in [0.5, 0.6) is 5.75 Å². The molecule has 0 N–H and O–H groups in total. The average molecular weight is 353 g/mol. The molecular weight excluding hydrogens is 336 g/mol. The fourth-order valence-electron chi connectivity index (χ4n) is 2.69. The first kappa shape index (κ1) is 17.3. The number of nitrogens with zero attached hydrogens (tertiary/aromatic N) is 3. The lowest BCUT2D eigenvalue weighted by atomic mass is 10.0. The fourth-order valence-corrected chi connectivity index (χ4v) is 2.69. The fraction of sp³-hybridized carbons (Fsp3) is 0.438. The number of hydrogen-bond acceptors (Lipinski definition) is 6. The molecule has 0 bridgehead atoms. The number of morpholine rings is 1. The highest BCUT2D eigenvalue weighted by molar-refractivity contribution is 5.86. The van der Waals surface area contributed by atoms with Crippen LogP contribution in [0.1, 0.15) is 24.4 Å². The van der Waals surface area contributed by atoms with Gasteiger partial charge in [-0.3, -0.25) is 4.79 Å². The van der Waals surface area contributed by atoms with Gasteiger partial charge in [-0.05, 0) is 19.1 Å². The van der Waals surface area contributed by atoms with Crippen molar-refractivity contribution >= 4 is 5.91 Å². The van der Waals surface area contributed by atoms with E-state index in [9.17, 15) is 13.6 Å². The Morgan fingerprint density at radius 3 is 2.96 bits per heavy atom. The van der Waals surface area contributed by atoms with Gasteiger partial charge >= 0.3 is 5.92 Å². The van der Waals surface area contributed by atoms with Crippen LogP contribution in [0.2, 0.25) is 0 Å². The largest absolute Gasteiger partial charge is 0.493 e. The normalized spacial score (nSPS) is 18.2. The maximum Gasteiger partial charge on any atom is 0.353 e. The van der Waals surface area contributed by atoms with Crippen molar-refractivity contribution in [2.75, 3.05) is 26.4 Å². The monoisotopic (exact) mass is 353 g/mol. The summed E-state index contributed by atoms with van der Waals surface area (Å²) in [6.45, 7) is 2.08. The standard InChI is InChI=1S/C16H17F2N3O4/c1-2-24-13-6-4-3-5-11(13)16(17,18)15(22)21-7-8-23-9-12(21)14-19-10-25-20-14/h3-6,10,12H,2,7-9H2,1H3. The zero-order chi connectivity index (χ0) is 17.9. The van der Waals surface area contributed by atoms with Crippen molar-refractivity contribution in [2.45, 2.75) is 18.9 Å². The van der Waals surface area contributed by atoms with Crippen LogP contribution in [0.3, 0.4) is 0 Å². The molecule has 2 heterocycles. The van der Waals surface area contributed by atoms with Gasteiger partial charge in [0, 0.05) is 6.54 Å². The molecule has 134 valence electrons. The molecule has 1 atom stereocenters. The second-order valence-corrected chi connectivity index (χ2v) is 5.38. The van der Waals surface area contributed by atoms with E-state index in [4.69, 9.17) is 9.47 Å². The number of benzene rings is 1. The summed E-state index contributed by atoms with van der Waals surface area (Å²) in [5, 5.41) is 3.64. The molecule has 1 aliphatic rings. The van der Waals surface area contributed by atoms with Gasteiger partial charge in [-0.2, -0.15) is 13.8 Å². The third-order valence-corrected chi connectivity index (χ3v) is 3.86. The van der Waals surface area contributed by atoms with E-state index in [1.54, 1.807) is 13.0 Å². The van der Waals surface area contributed by atoms with E-state index < -0.39 is 23.4 Å². The number of ether oxygens (including phenoxy) is 2. The summed E-state index contributed by atoms with van der Waals surface area (Å²) in [5.41, 5.74) is -0.472. The first-order valence-corrected chi connectivity index (χ1v) is 7.81. The molecule has 25 heavy (non-hydrogen) atoms. The van der Waals surface area contributed by atoms with Crippen molar-refractivity contribution < 1.29 is 27.6 Å². The Bertz CT molecular complexity index is 724. The number of hydrogen-bond donors (Lipinski definition) is 0. The number of amides is 1. The molecule has 0 aliphatic carbocycles. The number of rotatable bonds is 5. The minimum Gasteiger partial charge on any atom is -0.493 e. The van der Waals surface area contributed by atoms with Gasteiger partial charge in [0.2, 0.25) is 6.39 Å². The Morgan fingerprint density at radius 1 is 1.44 bits per heavy atom. The van der Waals surface area contributed by atoms with E-state index in [1.807, 2.05) is 0 Å². The second kappa shape index (κ2) is 7.14. The van der Waals surface area contributed by atoms with Crippen LogP contribution in [0.15, 0.2) is 35.2 Å². The van der Waals surface area contributed by atoms with Gasteiger partial charge in [0.15, 0.2) is 5.82 Å². The van der Waals surface area contributed by atoms with Crippen molar-refractivity contribution in [3.05, 3.63) is 42.0 Å². The van der Waals surface area contributed by atoms with Crippen LogP contribution in [0, 0.1) is 0 Å². The van der Waals surface area contributed by atoms with Crippen molar-refractivity contribution in [1.82, 2.24) is 15.0 Å². The SMILES string of the molecule is CCOc1ccccc1C(F)(F)C(=O)N1CCOCC1c1ncon1. The van der Waals surface area contributed by atoms with Gasteiger partial charge in [-0.1, -0.05) is 17.3 Å². The number of para-hydroxylation sites is 1. The van der Waals surface area contributed by atoms with E-state index in [-0.39, 0.29) is 37.9 Å². The molecule has 9 heteroatoms. The molecule has 1 fully saturated rings. The highest BCUT2D eigenvalue weighted by Gasteiger charge is 2.49. The van der Waals surface area contributed by atoms with Gasteiger partial charge in [-0.15, -0.1) is 0 Å². The lowest BCUT2D eigenvalue weighted by molar-refractivity contribution is -0.168. The number of carbonyl (C=O) groups excluding carboxylic acids is 1. The molecule has 3 rings (SSSR count). The summed E-state index contributed by atoms with van der Waals surface area (Å²) in [6, 6.07) is 4.79. The maximum absolute atomic E-state index is 15.0. The molecule has 1 amide bonds. The van der Waals surface area contributed by atoms with Gasteiger partial charge in [0.05, 0.1) is 25.4 Å². The third-order valence-electron chi connectivity index (χ3n) is 3.86. The Labute approximate surface area is 142 Å². The van der Waals surface area contributed by atoms with E-state index in [0.29, 0.717) is 0 Å². The lowest BCUT2D eigenvalue weighted by Gasteiger charge is -2.36. The Kier molecular flexibility index (Phi) is 4.93. The van der Waals surface area contributed by atoms with Crippen LogP contribution < -0.4 is 4.74 Å². The Morgan fingerprint density at radius 2 is 2.24 bits per heavy atom. The number of alkyl halides is 2. The van der Waals surface area contributed by atoms with Gasteiger partial charge in [0.1, 0.15) is 11.8 Å². The topological polar surface area (TPSA) is 77.7 Å². The minimum atomic E-state index is -3.76. The highest BCUT2D eigenvalue weighted by Crippen LogP contribution is 2.38. The van der Waals surface area contributed by atoms with Crippen LogP contribution in [0.4, 0.5) is 8.78 Å². The van der Waals surface area contributed by atoms with E-state index in [2.05, 4.69) is 14.7 Å². The first-order chi connectivity index (χ1) is 12.1. The molecule has 1 aromatic heterocycles. The summed E-state index contributed by atoms with van der Waals surface area (Å²) in [7, 11) is 0. The molecule has 1 saturated heterocycles. The molecule has 0 spiro atoms. The third kappa shape index (κ3) is 3.32. The van der Waals surface area contributed by atoms with Crippen LogP contribution >= 0.6 is 0 Å². The van der Waals surface area contributed by atoms with E-state index in [1.165, 1.54) is 18.2 Å².